The molecule has 0 bridgehead atoms. The zero-order valence-corrected chi connectivity index (χ0v) is 16.1. The van der Waals surface area contributed by atoms with Crippen LogP contribution in [0, 0.1) is 5.82 Å². The molecule has 2 N–H and O–H groups in total. The van der Waals surface area contributed by atoms with Crippen LogP contribution in [0.5, 0.6) is 0 Å². The molecular weight excluding hydrogens is 418 g/mol. The predicted molar refractivity (Wildman–Crippen MR) is 98.8 cm³/mol. The fourth-order valence-electron chi connectivity index (χ4n) is 2.88. The summed E-state index contributed by atoms with van der Waals surface area (Å²) in [6.07, 6.45) is -4.91. The molecule has 11 heteroatoms. The minimum atomic E-state index is -4.91. The van der Waals surface area contributed by atoms with Crippen LogP contribution < -0.4 is 5.73 Å². The van der Waals surface area contributed by atoms with Gasteiger partial charge in [-0.2, -0.15) is 17.5 Å². The van der Waals surface area contributed by atoms with Crippen molar-refractivity contribution in [2.75, 3.05) is 12.3 Å². The van der Waals surface area contributed by atoms with Crippen molar-refractivity contribution in [3.8, 4) is 0 Å². The van der Waals surface area contributed by atoms with Crippen molar-refractivity contribution in [1.29, 1.82) is 0 Å². The topological polar surface area (TPSA) is 76.3 Å². The van der Waals surface area contributed by atoms with Crippen molar-refractivity contribution >= 4 is 36.7 Å². The molecule has 0 aliphatic rings. The van der Waals surface area contributed by atoms with E-state index in [1.807, 2.05) is 0 Å². The van der Waals surface area contributed by atoms with Crippen LogP contribution >= 0.6 is 11.3 Å². The summed E-state index contributed by atoms with van der Waals surface area (Å²) in [5.41, 5.74) is 5.50. The number of nitrogen functional groups attached to an aromatic ring is 1. The summed E-state index contributed by atoms with van der Waals surface area (Å²) >= 11 is 1.14. The van der Waals surface area contributed by atoms with Crippen molar-refractivity contribution in [3.63, 3.8) is 0 Å². The standard InChI is InChI=1S/C17H15F4N3O2S2/c1-2-24(15(17(19,20)21)10-3-5-11(18)6-4-10)28(25,26)12-7-8-14-13(9-12)23-16(22)27-14/h3-9,15H,2H2,1H3,(H2,22,23)/t15-/m1/s1. The highest BCUT2D eigenvalue weighted by Crippen LogP contribution is 2.41. The summed E-state index contributed by atoms with van der Waals surface area (Å²) in [7, 11) is -4.53. The number of nitrogens with zero attached hydrogens (tertiary/aromatic N) is 2. The molecule has 0 unspecified atom stereocenters. The number of halogens is 4. The fourth-order valence-corrected chi connectivity index (χ4v) is 5.22. The third-order valence-corrected chi connectivity index (χ3v) is 6.88. The zero-order valence-electron chi connectivity index (χ0n) is 14.4. The minimum Gasteiger partial charge on any atom is -0.375 e. The third kappa shape index (κ3) is 3.82. The van der Waals surface area contributed by atoms with Crippen molar-refractivity contribution in [2.24, 2.45) is 0 Å². The first-order valence-electron chi connectivity index (χ1n) is 8.04. The molecule has 1 aromatic heterocycles. The Balaban J connectivity index is 2.12. The number of nitrogens with two attached hydrogens (primary N) is 1. The maximum absolute atomic E-state index is 13.8. The lowest BCUT2D eigenvalue weighted by molar-refractivity contribution is -0.173. The Bertz CT molecular complexity index is 1100. The van der Waals surface area contributed by atoms with E-state index >= 15 is 0 Å². The van der Waals surface area contributed by atoms with Gasteiger partial charge in [0.2, 0.25) is 10.0 Å². The second-order valence-corrected chi connectivity index (χ2v) is 8.84. The van der Waals surface area contributed by atoms with E-state index in [1.54, 1.807) is 0 Å². The smallest absolute Gasteiger partial charge is 0.375 e. The highest BCUT2D eigenvalue weighted by molar-refractivity contribution is 7.89. The van der Waals surface area contributed by atoms with E-state index in [0.717, 1.165) is 35.6 Å². The Kier molecular flexibility index (Phi) is 5.34. The predicted octanol–water partition coefficient (Wildman–Crippen LogP) is 4.33. The number of aromatic nitrogens is 1. The van der Waals surface area contributed by atoms with Gasteiger partial charge in [-0.05, 0) is 35.9 Å². The Morgan fingerprint density at radius 2 is 1.82 bits per heavy atom. The molecule has 2 aromatic carbocycles. The lowest BCUT2D eigenvalue weighted by Gasteiger charge is -2.31. The number of sulfonamides is 1. The molecule has 28 heavy (non-hydrogen) atoms. The van der Waals surface area contributed by atoms with Gasteiger partial charge in [-0.1, -0.05) is 30.4 Å². The van der Waals surface area contributed by atoms with E-state index < -0.39 is 34.6 Å². The van der Waals surface area contributed by atoms with Gasteiger partial charge in [0.15, 0.2) is 5.13 Å². The second kappa shape index (κ2) is 7.30. The average Bonchev–Trinajstić information content (AvgIpc) is 2.98. The van der Waals surface area contributed by atoms with Crippen LogP contribution in [0.2, 0.25) is 0 Å². The lowest BCUT2D eigenvalue weighted by Crippen LogP contribution is -2.42. The van der Waals surface area contributed by atoms with E-state index in [-0.39, 0.29) is 21.1 Å². The quantitative estimate of drug-likeness (QED) is 0.608. The Labute approximate surface area is 162 Å². The van der Waals surface area contributed by atoms with Gasteiger partial charge >= 0.3 is 6.18 Å². The SMILES string of the molecule is CCN([C@H](c1ccc(F)cc1)C(F)(F)F)S(=O)(=O)c1ccc2sc(N)nc2c1. The molecule has 0 aliphatic heterocycles. The van der Waals surface area contributed by atoms with Crippen molar-refractivity contribution in [1.82, 2.24) is 9.29 Å². The van der Waals surface area contributed by atoms with E-state index in [0.29, 0.717) is 9.01 Å². The van der Waals surface area contributed by atoms with Gasteiger partial charge in [0.1, 0.15) is 11.9 Å². The molecule has 1 atom stereocenters. The van der Waals surface area contributed by atoms with Crippen LogP contribution in [0.1, 0.15) is 18.5 Å². The number of rotatable bonds is 5. The van der Waals surface area contributed by atoms with Crippen LogP contribution in [0.25, 0.3) is 10.2 Å². The number of hydrogen-bond donors (Lipinski definition) is 1. The highest BCUT2D eigenvalue weighted by Gasteiger charge is 2.48. The van der Waals surface area contributed by atoms with Crippen molar-refractivity contribution in [3.05, 3.63) is 53.8 Å². The summed E-state index contributed by atoms with van der Waals surface area (Å²) in [6.45, 7) is 0.861. The van der Waals surface area contributed by atoms with Gasteiger partial charge in [-0.3, -0.25) is 0 Å². The molecule has 0 aliphatic carbocycles. The Morgan fingerprint density at radius 3 is 2.39 bits per heavy atom. The van der Waals surface area contributed by atoms with Crippen LogP contribution in [-0.4, -0.2) is 30.4 Å². The van der Waals surface area contributed by atoms with Crippen molar-refractivity contribution in [2.45, 2.75) is 24.0 Å². The van der Waals surface area contributed by atoms with Crippen molar-refractivity contribution < 1.29 is 26.0 Å². The minimum absolute atomic E-state index is 0.219. The molecule has 0 radical (unpaired) electrons. The number of alkyl halides is 3. The monoisotopic (exact) mass is 433 g/mol. The highest BCUT2D eigenvalue weighted by atomic mass is 32.2. The summed E-state index contributed by atoms with van der Waals surface area (Å²) < 4.78 is 81.6. The van der Waals surface area contributed by atoms with Gasteiger partial charge in [-0.25, -0.2) is 17.8 Å². The molecule has 0 amide bonds. The summed E-state index contributed by atoms with van der Waals surface area (Å²) in [6, 6.07) is 4.97. The largest absolute Gasteiger partial charge is 0.409 e. The van der Waals surface area contributed by atoms with E-state index in [4.69, 9.17) is 5.73 Å². The maximum Gasteiger partial charge on any atom is 0.409 e. The first-order valence-corrected chi connectivity index (χ1v) is 10.3. The number of fused-ring (bicyclic) bond motifs is 1. The van der Waals surface area contributed by atoms with Gasteiger partial charge < -0.3 is 5.73 Å². The number of anilines is 1. The number of hydrogen-bond acceptors (Lipinski definition) is 5. The first kappa shape index (κ1) is 20.5. The van der Waals surface area contributed by atoms with Crippen LogP contribution in [0.4, 0.5) is 22.7 Å². The molecule has 5 nitrogen and oxygen atoms in total. The maximum atomic E-state index is 13.8. The van der Waals surface area contributed by atoms with E-state index in [2.05, 4.69) is 4.98 Å². The molecule has 0 saturated carbocycles. The molecular formula is C17H15F4N3O2S2. The summed E-state index contributed by atoms with van der Waals surface area (Å²) in [5, 5.41) is 0.219. The second-order valence-electron chi connectivity index (χ2n) is 5.89. The third-order valence-electron chi connectivity index (χ3n) is 4.08. The summed E-state index contributed by atoms with van der Waals surface area (Å²) in [4.78, 5) is 3.65. The van der Waals surface area contributed by atoms with Crippen LogP contribution in [0.3, 0.4) is 0 Å². The molecule has 150 valence electrons. The van der Waals surface area contributed by atoms with Gasteiger partial charge in [-0.15, -0.1) is 0 Å². The molecule has 0 fully saturated rings. The first-order chi connectivity index (χ1) is 13.0. The van der Waals surface area contributed by atoms with E-state index in [9.17, 15) is 26.0 Å². The van der Waals surface area contributed by atoms with Crippen LogP contribution in [-0.2, 0) is 10.0 Å². The average molecular weight is 433 g/mol. The van der Waals surface area contributed by atoms with Gasteiger partial charge in [0, 0.05) is 6.54 Å². The molecule has 1 heterocycles. The molecule has 3 rings (SSSR count). The number of thiazole rings is 1. The fraction of sp³-hybridized carbons (Fsp3) is 0.235. The van der Waals surface area contributed by atoms with Crippen LogP contribution in [0.15, 0.2) is 47.4 Å². The molecule has 0 spiro atoms. The Hall–Kier alpha value is -2.24. The summed E-state index contributed by atoms with van der Waals surface area (Å²) in [5.74, 6) is -0.720. The normalized spacial score (nSPS) is 13.9. The lowest BCUT2D eigenvalue weighted by atomic mass is 10.1. The van der Waals surface area contributed by atoms with E-state index in [1.165, 1.54) is 25.1 Å². The van der Waals surface area contributed by atoms with Gasteiger partial charge in [0.05, 0.1) is 15.1 Å². The zero-order chi connectivity index (χ0) is 20.7. The number of benzene rings is 2. The molecule has 0 saturated heterocycles. The Morgan fingerprint density at radius 1 is 1.18 bits per heavy atom. The van der Waals surface area contributed by atoms with Gasteiger partial charge in [0.25, 0.3) is 0 Å². The molecule has 3 aromatic rings.